The SMILES string of the molecule is Cl.N.O=C(O)[C@@H]1CCCN1. The number of carboxylic acids is 1. The smallest absolute Gasteiger partial charge is 0.320 e. The van der Waals surface area contributed by atoms with Gasteiger partial charge in [-0.2, -0.15) is 0 Å². The van der Waals surface area contributed by atoms with Crippen molar-refractivity contribution in [1.29, 1.82) is 0 Å². The van der Waals surface area contributed by atoms with Crippen LogP contribution >= 0.6 is 12.4 Å². The van der Waals surface area contributed by atoms with E-state index in [1.54, 1.807) is 0 Å². The second kappa shape index (κ2) is 5.46. The zero-order chi connectivity index (χ0) is 5.98. The quantitative estimate of drug-likeness (QED) is 0.530. The molecule has 1 heterocycles. The van der Waals surface area contributed by atoms with E-state index in [-0.39, 0.29) is 24.6 Å². The molecule has 62 valence electrons. The molecule has 0 unspecified atom stereocenters. The standard InChI is InChI=1S/C5H9NO2.ClH.H3N/c7-5(8)4-2-1-3-6-4;;/h4,6H,1-3H2,(H,7,8);1H;1H3/t4-;;/m0../s1. The molecule has 0 aliphatic carbocycles. The molecule has 1 atom stereocenters. The zero-order valence-electron chi connectivity index (χ0n) is 5.67. The van der Waals surface area contributed by atoms with E-state index < -0.39 is 5.97 Å². The van der Waals surface area contributed by atoms with Crippen molar-refractivity contribution in [1.82, 2.24) is 11.5 Å². The van der Waals surface area contributed by atoms with Crippen LogP contribution < -0.4 is 11.5 Å². The van der Waals surface area contributed by atoms with Gasteiger partial charge in [0.1, 0.15) is 6.04 Å². The molecule has 0 amide bonds. The number of hydrogen-bond donors (Lipinski definition) is 3. The van der Waals surface area contributed by atoms with E-state index in [4.69, 9.17) is 5.11 Å². The minimum atomic E-state index is -0.720. The van der Waals surface area contributed by atoms with Crippen LogP contribution in [0.15, 0.2) is 0 Å². The van der Waals surface area contributed by atoms with Gasteiger partial charge in [0, 0.05) is 0 Å². The highest BCUT2D eigenvalue weighted by Gasteiger charge is 2.20. The van der Waals surface area contributed by atoms with Gasteiger partial charge in [-0.3, -0.25) is 4.79 Å². The number of halogens is 1. The summed E-state index contributed by atoms with van der Waals surface area (Å²) >= 11 is 0. The van der Waals surface area contributed by atoms with Crippen LogP contribution in [-0.4, -0.2) is 23.7 Å². The lowest BCUT2D eigenvalue weighted by Crippen LogP contribution is -2.29. The Kier molecular flexibility index (Phi) is 6.76. The average Bonchev–Trinajstić information content (AvgIpc) is 2.12. The van der Waals surface area contributed by atoms with Crippen molar-refractivity contribution < 1.29 is 9.90 Å². The highest BCUT2D eigenvalue weighted by Crippen LogP contribution is 2.03. The van der Waals surface area contributed by atoms with Crippen LogP contribution in [-0.2, 0) is 4.79 Å². The summed E-state index contributed by atoms with van der Waals surface area (Å²) < 4.78 is 0. The molecule has 0 saturated carbocycles. The third-order valence-corrected chi connectivity index (χ3v) is 1.36. The monoisotopic (exact) mass is 168 g/mol. The number of nitrogens with one attached hydrogen (secondary N) is 1. The van der Waals surface area contributed by atoms with Crippen LogP contribution in [0.3, 0.4) is 0 Å². The maximum absolute atomic E-state index is 10.1. The number of aliphatic carboxylic acids is 1. The number of hydrogen-bond acceptors (Lipinski definition) is 3. The molecular weight excluding hydrogens is 156 g/mol. The normalized spacial score (nSPS) is 22.6. The fraction of sp³-hybridized carbons (Fsp3) is 0.800. The Labute approximate surface area is 66.0 Å². The molecule has 10 heavy (non-hydrogen) atoms. The molecule has 0 bridgehead atoms. The van der Waals surface area contributed by atoms with Gasteiger partial charge in [0.15, 0.2) is 0 Å². The van der Waals surface area contributed by atoms with E-state index in [0.717, 1.165) is 19.4 Å². The first-order valence-corrected chi connectivity index (χ1v) is 2.77. The molecule has 0 spiro atoms. The van der Waals surface area contributed by atoms with E-state index in [0.29, 0.717) is 0 Å². The zero-order valence-corrected chi connectivity index (χ0v) is 6.49. The first-order chi connectivity index (χ1) is 3.80. The molecule has 0 radical (unpaired) electrons. The summed E-state index contributed by atoms with van der Waals surface area (Å²) in [7, 11) is 0. The molecular formula is C5H13ClN2O2. The lowest BCUT2D eigenvalue weighted by Gasteiger charge is -1.99. The van der Waals surface area contributed by atoms with Gasteiger partial charge in [-0.05, 0) is 19.4 Å². The summed E-state index contributed by atoms with van der Waals surface area (Å²) in [6, 6.07) is -0.269. The summed E-state index contributed by atoms with van der Waals surface area (Å²) in [5.74, 6) is -0.720. The molecule has 4 nitrogen and oxygen atoms in total. The van der Waals surface area contributed by atoms with E-state index in [9.17, 15) is 4.79 Å². The maximum Gasteiger partial charge on any atom is 0.320 e. The summed E-state index contributed by atoms with van der Waals surface area (Å²) in [5, 5.41) is 11.2. The van der Waals surface area contributed by atoms with Gasteiger partial charge in [-0.1, -0.05) is 0 Å². The predicted octanol–water partition coefficient (Wildman–Crippen LogP) is 0.407. The molecule has 1 fully saturated rings. The lowest BCUT2D eigenvalue weighted by atomic mass is 10.2. The molecule has 0 aromatic heterocycles. The Morgan fingerprint density at radius 3 is 2.40 bits per heavy atom. The Bertz CT molecular complexity index is 104. The fourth-order valence-corrected chi connectivity index (χ4v) is 0.895. The summed E-state index contributed by atoms with van der Waals surface area (Å²) in [5.41, 5.74) is 0. The number of carboxylic acid groups (broad SMARTS) is 1. The molecule has 0 aromatic carbocycles. The van der Waals surface area contributed by atoms with Gasteiger partial charge >= 0.3 is 5.97 Å². The van der Waals surface area contributed by atoms with Crippen LogP contribution in [0.5, 0.6) is 0 Å². The largest absolute Gasteiger partial charge is 0.480 e. The van der Waals surface area contributed by atoms with Gasteiger partial charge in [0.05, 0.1) is 0 Å². The van der Waals surface area contributed by atoms with Crippen molar-refractivity contribution in [3.8, 4) is 0 Å². The summed E-state index contributed by atoms with van der Waals surface area (Å²) in [6.07, 6.45) is 1.78. The topological polar surface area (TPSA) is 84.3 Å². The maximum atomic E-state index is 10.1. The molecule has 5 N–H and O–H groups in total. The molecule has 0 aromatic rings. The van der Waals surface area contributed by atoms with Crippen LogP contribution in [0.1, 0.15) is 12.8 Å². The van der Waals surface area contributed by atoms with Gasteiger partial charge in [0.25, 0.3) is 0 Å². The van der Waals surface area contributed by atoms with Crippen molar-refractivity contribution in [2.45, 2.75) is 18.9 Å². The molecule has 1 rings (SSSR count). The highest BCUT2D eigenvalue weighted by molar-refractivity contribution is 5.85. The Morgan fingerprint density at radius 2 is 2.20 bits per heavy atom. The lowest BCUT2D eigenvalue weighted by molar-refractivity contribution is -0.139. The second-order valence-electron chi connectivity index (χ2n) is 1.99. The first kappa shape index (κ1) is 12.4. The average molecular weight is 169 g/mol. The van der Waals surface area contributed by atoms with E-state index in [2.05, 4.69) is 5.32 Å². The van der Waals surface area contributed by atoms with Crippen molar-refractivity contribution >= 4 is 18.4 Å². The molecule has 1 saturated heterocycles. The van der Waals surface area contributed by atoms with Crippen molar-refractivity contribution in [2.75, 3.05) is 6.54 Å². The van der Waals surface area contributed by atoms with Crippen LogP contribution in [0.25, 0.3) is 0 Å². The minimum absolute atomic E-state index is 0. The molecule has 5 heteroatoms. The Hall–Kier alpha value is -0.320. The Balaban J connectivity index is 0. The third-order valence-electron chi connectivity index (χ3n) is 1.36. The summed E-state index contributed by atoms with van der Waals surface area (Å²) in [6.45, 7) is 0.858. The van der Waals surface area contributed by atoms with Crippen LogP contribution in [0.4, 0.5) is 0 Å². The van der Waals surface area contributed by atoms with Gasteiger partial charge in [-0.15, -0.1) is 12.4 Å². The van der Waals surface area contributed by atoms with E-state index in [1.165, 1.54) is 0 Å². The molecule has 1 aliphatic heterocycles. The van der Waals surface area contributed by atoms with E-state index in [1.807, 2.05) is 0 Å². The fourth-order valence-electron chi connectivity index (χ4n) is 0.895. The van der Waals surface area contributed by atoms with Gasteiger partial charge in [-0.25, -0.2) is 0 Å². The Morgan fingerprint density at radius 1 is 1.60 bits per heavy atom. The van der Waals surface area contributed by atoms with Gasteiger partial charge < -0.3 is 16.6 Å². The molecule has 1 aliphatic rings. The first-order valence-electron chi connectivity index (χ1n) is 2.77. The van der Waals surface area contributed by atoms with Crippen LogP contribution in [0, 0.1) is 0 Å². The van der Waals surface area contributed by atoms with Gasteiger partial charge in [0.2, 0.25) is 0 Å². The number of rotatable bonds is 1. The third kappa shape index (κ3) is 3.00. The predicted molar refractivity (Wildman–Crippen MR) is 40.9 cm³/mol. The van der Waals surface area contributed by atoms with Crippen LogP contribution in [0.2, 0.25) is 0 Å². The van der Waals surface area contributed by atoms with E-state index >= 15 is 0 Å². The van der Waals surface area contributed by atoms with Crippen molar-refractivity contribution in [2.24, 2.45) is 0 Å². The number of carbonyl (C=O) groups is 1. The van der Waals surface area contributed by atoms with Crippen molar-refractivity contribution in [3.05, 3.63) is 0 Å². The minimum Gasteiger partial charge on any atom is -0.480 e. The second-order valence-corrected chi connectivity index (χ2v) is 1.99. The van der Waals surface area contributed by atoms with Crippen molar-refractivity contribution in [3.63, 3.8) is 0 Å². The highest BCUT2D eigenvalue weighted by atomic mass is 35.5. The summed E-state index contributed by atoms with van der Waals surface area (Å²) in [4.78, 5) is 10.1.